The van der Waals surface area contributed by atoms with Crippen LogP contribution in [-0.4, -0.2) is 25.5 Å². The second kappa shape index (κ2) is 6.08. The Bertz CT molecular complexity index is 514. The van der Waals surface area contributed by atoms with Crippen LogP contribution in [-0.2, 0) is 4.79 Å². The predicted octanol–water partition coefficient (Wildman–Crippen LogP) is 3.53. The number of hydrogen-bond acceptors (Lipinski definition) is 3. The van der Waals surface area contributed by atoms with E-state index in [9.17, 15) is 4.79 Å². The summed E-state index contributed by atoms with van der Waals surface area (Å²) in [4.78, 5) is 14.8. The van der Waals surface area contributed by atoms with Crippen molar-refractivity contribution >= 4 is 11.5 Å². The standard InChI is InChI=1S/C18H25NO2/c1-13-10-14(2)15(17(20)11-13)12-19-8-5-9-21-18-7-4-3-6-16(18)19/h3-4,6-7,13-15H,5,8-12H2,1-2H3. The molecule has 114 valence electrons. The molecule has 1 aromatic carbocycles. The van der Waals surface area contributed by atoms with Crippen molar-refractivity contribution < 1.29 is 9.53 Å². The van der Waals surface area contributed by atoms with Crippen LogP contribution in [0.3, 0.4) is 0 Å². The number of carbonyl (C=O) groups excluding carboxylic acids is 1. The number of para-hydroxylation sites is 2. The normalized spacial score (nSPS) is 29.5. The van der Waals surface area contributed by atoms with E-state index in [0.717, 1.165) is 44.0 Å². The molecule has 1 saturated carbocycles. The Morgan fingerprint density at radius 3 is 2.90 bits per heavy atom. The minimum Gasteiger partial charge on any atom is -0.491 e. The van der Waals surface area contributed by atoms with Crippen LogP contribution in [0.2, 0.25) is 0 Å². The maximum atomic E-state index is 12.4. The zero-order valence-electron chi connectivity index (χ0n) is 13.0. The van der Waals surface area contributed by atoms with E-state index in [4.69, 9.17) is 4.74 Å². The molecule has 0 bridgehead atoms. The summed E-state index contributed by atoms with van der Waals surface area (Å²) in [6, 6.07) is 8.20. The molecule has 1 aliphatic carbocycles. The Hall–Kier alpha value is -1.51. The maximum absolute atomic E-state index is 12.4. The van der Waals surface area contributed by atoms with Crippen LogP contribution in [0.5, 0.6) is 5.75 Å². The molecule has 0 saturated heterocycles. The molecule has 3 nitrogen and oxygen atoms in total. The van der Waals surface area contributed by atoms with Gasteiger partial charge in [0.2, 0.25) is 0 Å². The van der Waals surface area contributed by atoms with E-state index in [1.807, 2.05) is 12.1 Å². The molecule has 0 aromatic heterocycles. The number of anilines is 1. The lowest BCUT2D eigenvalue weighted by atomic mass is 9.74. The average molecular weight is 287 g/mol. The van der Waals surface area contributed by atoms with E-state index in [1.165, 1.54) is 6.42 Å². The van der Waals surface area contributed by atoms with E-state index in [0.29, 0.717) is 17.6 Å². The number of carbonyl (C=O) groups is 1. The van der Waals surface area contributed by atoms with Gasteiger partial charge in [-0.1, -0.05) is 26.0 Å². The first-order valence-corrected chi connectivity index (χ1v) is 8.14. The second-order valence-corrected chi connectivity index (χ2v) is 6.71. The van der Waals surface area contributed by atoms with Crippen LogP contribution in [0.25, 0.3) is 0 Å². The molecule has 0 N–H and O–H groups in total. The molecule has 1 aromatic rings. The number of benzene rings is 1. The topological polar surface area (TPSA) is 29.5 Å². The molecule has 1 heterocycles. The van der Waals surface area contributed by atoms with E-state index in [-0.39, 0.29) is 5.92 Å². The van der Waals surface area contributed by atoms with Crippen LogP contribution in [0.1, 0.15) is 33.1 Å². The number of ketones is 1. The van der Waals surface area contributed by atoms with Crippen molar-refractivity contribution in [3.63, 3.8) is 0 Å². The lowest BCUT2D eigenvalue weighted by molar-refractivity contribution is -0.127. The fraction of sp³-hybridized carbons (Fsp3) is 0.611. The Labute approximate surface area is 127 Å². The number of Topliss-reactive ketones (excluding diaryl/α,β-unsaturated/α-hetero) is 1. The molecule has 0 spiro atoms. The van der Waals surface area contributed by atoms with Crippen LogP contribution >= 0.6 is 0 Å². The summed E-state index contributed by atoms with van der Waals surface area (Å²) in [5.41, 5.74) is 1.15. The fourth-order valence-corrected chi connectivity index (χ4v) is 3.80. The molecule has 3 atom stereocenters. The van der Waals surface area contributed by atoms with Gasteiger partial charge in [-0.25, -0.2) is 0 Å². The van der Waals surface area contributed by atoms with Gasteiger partial charge in [0.15, 0.2) is 0 Å². The average Bonchev–Trinajstić information content (AvgIpc) is 2.65. The van der Waals surface area contributed by atoms with Crippen LogP contribution in [0.15, 0.2) is 24.3 Å². The molecular weight excluding hydrogens is 262 g/mol. The summed E-state index contributed by atoms with van der Waals surface area (Å²) in [7, 11) is 0. The molecule has 0 radical (unpaired) electrons. The highest BCUT2D eigenvalue weighted by Gasteiger charge is 2.34. The quantitative estimate of drug-likeness (QED) is 0.833. The zero-order chi connectivity index (χ0) is 14.8. The SMILES string of the molecule is CC1CC(=O)C(CN2CCCOc3ccccc32)C(C)C1. The van der Waals surface area contributed by atoms with Crippen LogP contribution in [0, 0.1) is 17.8 Å². The Morgan fingerprint density at radius 2 is 2.10 bits per heavy atom. The molecule has 1 fully saturated rings. The van der Waals surface area contributed by atoms with Gasteiger partial charge in [-0.05, 0) is 36.8 Å². The van der Waals surface area contributed by atoms with Gasteiger partial charge in [0.05, 0.1) is 12.3 Å². The third kappa shape index (κ3) is 3.07. The van der Waals surface area contributed by atoms with E-state index < -0.39 is 0 Å². The number of ether oxygens (including phenoxy) is 1. The number of fused-ring (bicyclic) bond motifs is 1. The lowest BCUT2D eigenvalue weighted by Gasteiger charge is -2.35. The van der Waals surface area contributed by atoms with Crippen molar-refractivity contribution in [2.45, 2.75) is 33.1 Å². The van der Waals surface area contributed by atoms with Gasteiger partial charge in [-0.3, -0.25) is 4.79 Å². The summed E-state index contributed by atoms with van der Waals surface area (Å²) in [5, 5.41) is 0. The smallest absolute Gasteiger partial charge is 0.142 e. The first-order valence-electron chi connectivity index (χ1n) is 8.14. The Morgan fingerprint density at radius 1 is 1.29 bits per heavy atom. The van der Waals surface area contributed by atoms with Gasteiger partial charge >= 0.3 is 0 Å². The first kappa shape index (κ1) is 14.4. The molecule has 3 rings (SSSR count). The number of rotatable bonds is 2. The fourth-order valence-electron chi connectivity index (χ4n) is 3.80. The predicted molar refractivity (Wildman–Crippen MR) is 84.8 cm³/mol. The van der Waals surface area contributed by atoms with Crippen molar-refractivity contribution in [2.75, 3.05) is 24.6 Å². The van der Waals surface area contributed by atoms with E-state index >= 15 is 0 Å². The van der Waals surface area contributed by atoms with E-state index in [2.05, 4.69) is 30.9 Å². The molecule has 3 heteroatoms. The van der Waals surface area contributed by atoms with Gasteiger partial charge < -0.3 is 9.64 Å². The molecule has 0 amide bonds. The highest BCUT2D eigenvalue weighted by Crippen LogP contribution is 2.35. The van der Waals surface area contributed by atoms with Gasteiger partial charge in [-0.2, -0.15) is 0 Å². The van der Waals surface area contributed by atoms with Crippen LogP contribution in [0.4, 0.5) is 5.69 Å². The Balaban J connectivity index is 1.79. The zero-order valence-corrected chi connectivity index (χ0v) is 13.0. The summed E-state index contributed by atoms with van der Waals surface area (Å²) in [6.45, 7) is 7.01. The number of nitrogens with zero attached hydrogens (tertiary/aromatic N) is 1. The van der Waals surface area contributed by atoms with Crippen molar-refractivity contribution in [2.24, 2.45) is 17.8 Å². The van der Waals surface area contributed by atoms with E-state index in [1.54, 1.807) is 0 Å². The van der Waals surface area contributed by atoms with Crippen molar-refractivity contribution in [3.8, 4) is 5.75 Å². The molecule has 3 unspecified atom stereocenters. The first-order chi connectivity index (χ1) is 10.1. The maximum Gasteiger partial charge on any atom is 0.142 e. The third-order valence-corrected chi connectivity index (χ3v) is 4.88. The minimum absolute atomic E-state index is 0.173. The molecule has 1 aliphatic heterocycles. The molecular formula is C18H25NO2. The third-order valence-electron chi connectivity index (χ3n) is 4.88. The summed E-state index contributed by atoms with van der Waals surface area (Å²) < 4.78 is 5.81. The highest BCUT2D eigenvalue weighted by molar-refractivity contribution is 5.83. The largest absolute Gasteiger partial charge is 0.491 e. The van der Waals surface area contributed by atoms with Crippen LogP contribution < -0.4 is 9.64 Å². The Kier molecular flexibility index (Phi) is 4.18. The molecule has 2 aliphatic rings. The highest BCUT2D eigenvalue weighted by atomic mass is 16.5. The van der Waals surface area contributed by atoms with Gasteiger partial charge in [0.25, 0.3) is 0 Å². The molecule has 21 heavy (non-hydrogen) atoms. The van der Waals surface area contributed by atoms with Gasteiger partial charge in [0, 0.05) is 25.4 Å². The monoisotopic (exact) mass is 287 g/mol. The summed E-state index contributed by atoms with van der Waals surface area (Å²) in [6.07, 6.45) is 2.93. The summed E-state index contributed by atoms with van der Waals surface area (Å²) in [5.74, 6) is 2.61. The van der Waals surface area contributed by atoms with Gasteiger partial charge in [0.1, 0.15) is 11.5 Å². The van der Waals surface area contributed by atoms with Crippen molar-refractivity contribution in [1.82, 2.24) is 0 Å². The minimum atomic E-state index is 0.173. The van der Waals surface area contributed by atoms with Gasteiger partial charge in [-0.15, -0.1) is 0 Å². The lowest BCUT2D eigenvalue weighted by Crippen LogP contribution is -2.40. The van der Waals surface area contributed by atoms with Crippen molar-refractivity contribution in [3.05, 3.63) is 24.3 Å². The second-order valence-electron chi connectivity index (χ2n) is 6.71. The summed E-state index contributed by atoms with van der Waals surface area (Å²) >= 11 is 0. The van der Waals surface area contributed by atoms with Crippen molar-refractivity contribution in [1.29, 1.82) is 0 Å². The number of hydrogen-bond donors (Lipinski definition) is 0.